The Balaban J connectivity index is 1.70. The smallest absolute Gasteiger partial charge is 0.127 e. The topological polar surface area (TPSA) is 15.3 Å². The van der Waals surface area contributed by atoms with Crippen molar-refractivity contribution in [3.05, 3.63) is 34.6 Å². The van der Waals surface area contributed by atoms with E-state index < -0.39 is 0 Å². The van der Waals surface area contributed by atoms with Crippen molar-refractivity contribution in [1.82, 2.24) is 10.2 Å². The Kier molecular flexibility index (Phi) is 6.27. The average Bonchev–Trinajstić information content (AvgIpc) is 2.44. The first-order chi connectivity index (χ1) is 9.65. The summed E-state index contributed by atoms with van der Waals surface area (Å²) >= 11 is 5.89. The van der Waals surface area contributed by atoms with Crippen molar-refractivity contribution in [2.45, 2.75) is 32.7 Å². The van der Waals surface area contributed by atoms with E-state index in [0.29, 0.717) is 23.0 Å². The monoisotopic (exact) mass is 298 g/mol. The average molecular weight is 299 g/mol. The summed E-state index contributed by atoms with van der Waals surface area (Å²) in [5.41, 5.74) is 0.641. The highest BCUT2D eigenvalue weighted by Gasteiger charge is 2.13. The lowest BCUT2D eigenvalue weighted by molar-refractivity contribution is 0.199. The van der Waals surface area contributed by atoms with Crippen LogP contribution < -0.4 is 5.32 Å². The van der Waals surface area contributed by atoms with Crippen LogP contribution in [0, 0.1) is 11.7 Å². The summed E-state index contributed by atoms with van der Waals surface area (Å²) in [6.45, 7) is 7.28. The molecule has 1 atom stereocenters. The molecule has 0 bridgehead atoms. The molecule has 1 aliphatic heterocycles. The summed E-state index contributed by atoms with van der Waals surface area (Å²) in [4.78, 5) is 2.54. The van der Waals surface area contributed by atoms with Gasteiger partial charge in [-0.3, -0.25) is 0 Å². The zero-order valence-corrected chi connectivity index (χ0v) is 12.9. The van der Waals surface area contributed by atoms with Gasteiger partial charge in [0.1, 0.15) is 5.82 Å². The lowest BCUT2D eigenvalue weighted by Crippen LogP contribution is -2.36. The molecule has 0 aromatic heterocycles. The van der Waals surface area contributed by atoms with E-state index in [1.54, 1.807) is 12.1 Å². The van der Waals surface area contributed by atoms with E-state index in [9.17, 15) is 4.39 Å². The van der Waals surface area contributed by atoms with Crippen LogP contribution in [0.5, 0.6) is 0 Å². The van der Waals surface area contributed by atoms with Crippen LogP contribution in [0.25, 0.3) is 0 Å². The lowest BCUT2D eigenvalue weighted by atomic mass is 10.1. The Morgan fingerprint density at radius 2 is 2.05 bits per heavy atom. The zero-order chi connectivity index (χ0) is 14.4. The van der Waals surface area contributed by atoms with E-state index in [-0.39, 0.29) is 5.82 Å². The first-order valence-electron chi connectivity index (χ1n) is 7.52. The number of likely N-dealkylation sites (tertiary alicyclic amines) is 1. The van der Waals surface area contributed by atoms with Gasteiger partial charge in [-0.2, -0.15) is 0 Å². The molecule has 1 heterocycles. The first kappa shape index (κ1) is 15.7. The SMILES string of the molecule is CC(CNCc1cc(Cl)ccc1F)CN1CCCCC1. The second-order valence-electron chi connectivity index (χ2n) is 5.83. The molecule has 0 aliphatic carbocycles. The van der Waals surface area contributed by atoms with Crippen molar-refractivity contribution in [2.24, 2.45) is 5.92 Å². The summed E-state index contributed by atoms with van der Waals surface area (Å²) in [5.74, 6) is 0.390. The van der Waals surface area contributed by atoms with Gasteiger partial charge in [0, 0.05) is 23.7 Å². The summed E-state index contributed by atoms with van der Waals surface area (Å²) < 4.78 is 13.6. The number of hydrogen-bond acceptors (Lipinski definition) is 2. The molecule has 1 aromatic carbocycles. The molecule has 20 heavy (non-hydrogen) atoms. The van der Waals surface area contributed by atoms with E-state index in [2.05, 4.69) is 17.1 Å². The number of benzene rings is 1. The molecule has 4 heteroatoms. The first-order valence-corrected chi connectivity index (χ1v) is 7.90. The number of hydrogen-bond donors (Lipinski definition) is 1. The molecule has 1 saturated heterocycles. The van der Waals surface area contributed by atoms with Crippen LogP contribution >= 0.6 is 11.6 Å². The molecule has 0 amide bonds. The van der Waals surface area contributed by atoms with Gasteiger partial charge in [-0.25, -0.2) is 4.39 Å². The minimum Gasteiger partial charge on any atom is -0.312 e. The second kappa shape index (κ2) is 7.96. The van der Waals surface area contributed by atoms with Crippen LogP contribution in [-0.2, 0) is 6.54 Å². The molecule has 2 nitrogen and oxygen atoms in total. The summed E-state index contributed by atoms with van der Waals surface area (Å²) in [5, 5.41) is 3.92. The Labute approximate surface area is 126 Å². The molecule has 112 valence electrons. The maximum Gasteiger partial charge on any atom is 0.127 e. The predicted octanol–water partition coefficient (Wildman–Crippen LogP) is 3.69. The fourth-order valence-corrected chi connectivity index (χ4v) is 2.97. The van der Waals surface area contributed by atoms with E-state index in [4.69, 9.17) is 11.6 Å². The predicted molar refractivity (Wildman–Crippen MR) is 82.6 cm³/mol. The number of rotatable bonds is 6. The summed E-state index contributed by atoms with van der Waals surface area (Å²) in [7, 11) is 0. The molecule has 0 radical (unpaired) electrons. The van der Waals surface area contributed by atoms with E-state index in [0.717, 1.165) is 13.1 Å². The van der Waals surface area contributed by atoms with Crippen LogP contribution in [-0.4, -0.2) is 31.1 Å². The maximum absolute atomic E-state index is 13.6. The van der Waals surface area contributed by atoms with Gasteiger partial charge in [0.25, 0.3) is 0 Å². The van der Waals surface area contributed by atoms with Gasteiger partial charge in [0.2, 0.25) is 0 Å². The van der Waals surface area contributed by atoms with Gasteiger partial charge in [-0.1, -0.05) is 24.9 Å². The van der Waals surface area contributed by atoms with Gasteiger partial charge in [0.15, 0.2) is 0 Å². The lowest BCUT2D eigenvalue weighted by Gasteiger charge is -2.29. The standard InChI is InChI=1S/C16H24ClFN2/c1-13(12-20-7-3-2-4-8-20)10-19-11-14-9-15(17)5-6-16(14)18/h5-6,9,13,19H,2-4,7-8,10-12H2,1H3. The number of nitrogens with zero attached hydrogens (tertiary/aromatic N) is 1. The maximum atomic E-state index is 13.6. The van der Waals surface area contributed by atoms with E-state index >= 15 is 0 Å². The number of piperidine rings is 1. The largest absolute Gasteiger partial charge is 0.312 e. The second-order valence-corrected chi connectivity index (χ2v) is 6.27. The summed E-state index contributed by atoms with van der Waals surface area (Å²) in [6.07, 6.45) is 4.03. The molecule has 0 saturated carbocycles. The van der Waals surface area contributed by atoms with Crippen molar-refractivity contribution in [3.63, 3.8) is 0 Å². The third-order valence-electron chi connectivity index (χ3n) is 3.83. The van der Waals surface area contributed by atoms with Gasteiger partial charge < -0.3 is 10.2 Å². The van der Waals surface area contributed by atoms with Gasteiger partial charge in [0.05, 0.1) is 0 Å². The Morgan fingerprint density at radius 1 is 1.30 bits per heavy atom. The van der Waals surface area contributed by atoms with Crippen molar-refractivity contribution in [1.29, 1.82) is 0 Å². The highest BCUT2D eigenvalue weighted by atomic mass is 35.5. The van der Waals surface area contributed by atoms with Crippen LogP contribution in [0.3, 0.4) is 0 Å². The molecule has 1 unspecified atom stereocenters. The molecular formula is C16H24ClFN2. The highest BCUT2D eigenvalue weighted by Crippen LogP contribution is 2.15. The van der Waals surface area contributed by atoms with Crippen molar-refractivity contribution < 1.29 is 4.39 Å². The van der Waals surface area contributed by atoms with Crippen molar-refractivity contribution in [2.75, 3.05) is 26.2 Å². The van der Waals surface area contributed by atoms with E-state index in [1.165, 1.54) is 38.4 Å². The zero-order valence-electron chi connectivity index (χ0n) is 12.2. The Morgan fingerprint density at radius 3 is 2.80 bits per heavy atom. The normalized spacial score (nSPS) is 18.1. The molecule has 0 spiro atoms. The Hall–Kier alpha value is -0.640. The molecule has 1 N–H and O–H groups in total. The van der Waals surface area contributed by atoms with Crippen LogP contribution in [0.2, 0.25) is 5.02 Å². The third-order valence-corrected chi connectivity index (χ3v) is 4.07. The quantitative estimate of drug-likeness (QED) is 0.861. The third kappa shape index (κ3) is 5.04. The van der Waals surface area contributed by atoms with Gasteiger partial charge in [-0.15, -0.1) is 0 Å². The Bertz CT molecular complexity index is 419. The fourth-order valence-electron chi connectivity index (χ4n) is 2.78. The van der Waals surface area contributed by atoms with Gasteiger partial charge >= 0.3 is 0 Å². The molecule has 1 aromatic rings. The van der Waals surface area contributed by atoms with Crippen LogP contribution in [0.15, 0.2) is 18.2 Å². The molecular weight excluding hydrogens is 275 g/mol. The fraction of sp³-hybridized carbons (Fsp3) is 0.625. The number of halogens is 2. The van der Waals surface area contributed by atoms with Gasteiger partial charge in [-0.05, 0) is 56.6 Å². The van der Waals surface area contributed by atoms with Crippen LogP contribution in [0.4, 0.5) is 4.39 Å². The molecule has 1 aliphatic rings. The minimum atomic E-state index is -0.189. The number of nitrogens with one attached hydrogen (secondary N) is 1. The summed E-state index contributed by atoms with van der Waals surface area (Å²) in [6, 6.07) is 4.70. The highest BCUT2D eigenvalue weighted by molar-refractivity contribution is 6.30. The van der Waals surface area contributed by atoms with E-state index in [1.807, 2.05) is 0 Å². The molecule has 1 fully saturated rings. The molecule has 2 rings (SSSR count). The van der Waals surface area contributed by atoms with Crippen molar-refractivity contribution in [3.8, 4) is 0 Å². The van der Waals surface area contributed by atoms with Crippen molar-refractivity contribution >= 4 is 11.6 Å². The van der Waals surface area contributed by atoms with Crippen LogP contribution in [0.1, 0.15) is 31.7 Å². The minimum absolute atomic E-state index is 0.189.